The maximum absolute atomic E-state index is 5.64. The van der Waals surface area contributed by atoms with Crippen LogP contribution in [-0.4, -0.2) is 34.5 Å². The molecule has 0 atom stereocenters. The molecule has 1 aliphatic carbocycles. The van der Waals surface area contributed by atoms with E-state index in [2.05, 4.69) is 31.2 Å². The van der Waals surface area contributed by atoms with E-state index in [1.165, 1.54) is 0 Å². The van der Waals surface area contributed by atoms with Gasteiger partial charge in [0.2, 0.25) is 5.95 Å². The standard InChI is InChI=1S/C22H18N8O/c23-21-26-10-15(11-27-21)17-4-3-16(12-25-17)22(6-1-7-22)20-28-19(31-29-20)14-2-5-18-24-8-9-30(18)13-14/h2-5,8-13H,1,6-7H2,(H2,23,26,27). The summed E-state index contributed by atoms with van der Waals surface area (Å²) in [5, 5.41) is 4.35. The van der Waals surface area contributed by atoms with Gasteiger partial charge < -0.3 is 14.7 Å². The highest BCUT2D eigenvalue weighted by Gasteiger charge is 2.44. The molecule has 2 N–H and O–H groups in total. The molecule has 9 heteroatoms. The van der Waals surface area contributed by atoms with Crippen LogP contribution in [0.3, 0.4) is 0 Å². The maximum atomic E-state index is 5.64. The van der Waals surface area contributed by atoms with Crippen molar-refractivity contribution >= 4 is 11.6 Å². The maximum Gasteiger partial charge on any atom is 0.259 e. The van der Waals surface area contributed by atoms with Gasteiger partial charge in [0.1, 0.15) is 5.65 Å². The second kappa shape index (κ2) is 6.69. The predicted molar refractivity (Wildman–Crippen MR) is 113 cm³/mol. The van der Waals surface area contributed by atoms with Gasteiger partial charge >= 0.3 is 0 Å². The van der Waals surface area contributed by atoms with Crippen LogP contribution in [0.15, 0.2) is 66.0 Å². The first-order valence-electron chi connectivity index (χ1n) is 10.0. The van der Waals surface area contributed by atoms with Crippen LogP contribution in [-0.2, 0) is 5.41 Å². The second-order valence-corrected chi connectivity index (χ2v) is 7.73. The molecule has 0 aliphatic heterocycles. The fourth-order valence-corrected chi connectivity index (χ4v) is 4.07. The van der Waals surface area contributed by atoms with E-state index < -0.39 is 0 Å². The fourth-order valence-electron chi connectivity index (χ4n) is 4.07. The van der Waals surface area contributed by atoms with E-state index >= 15 is 0 Å². The van der Waals surface area contributed by atoms with E-state index in [4.69, 9.17) is 15.2 Å². The van der Waals surface area contributed by atoms with Crippen LogP contribution >= 0.6 is 0 Å². The first kappa shape index (κ1) is 17.7. The van der Waals surface area contributed by atoms with E-state index in [1.54, 1.807) is 18.6 Å². The molecule has 0 saturated heterocycles. The molecule has 5 aromatic rings. The number of aromatic nitrogens is 7. The Balaban J connectivity index is 1.33. The Bertz CT molecular complexity index is 1370. The molecule has 0 bridgehead atoms. The van der Waals surface area contributed by atoms with Crippen LogP contribution in [0.4, 0.5) is 5.95 Å². The van der Waals surface area contributed by atoms with Crippen LogP contribution < -0.4 is 5.73 Å². The average Bonchev–Trinajstić information content (AvgIpc) is 3.43. The molecule has 5 heterocycles. The number of fused-ring (bicyclic) bond motifs is 1. The molecule has 1 saturated carbocycles. The van der Waals surface area contributed by atoms with Gasteiger partial charge in [0.05, 0.1) is 16.7 Å². The van der Waals surface area contributed by atoms with Gasteiger partial charge in [0.25, 0.3) is 5.89 Å². The summed E-state index contributed by atoms with van der Waals surface area (Å²) in [6.07, 6.45) is 13.8. The Morgan fingerprint density at radius 1 is 0.935 bits per heavy atom. The molecule has 0 radical (unpaired) electrons. The molecule has 0 aromatic carbocycles. The van der Waals surface area contributed by atoms with Crippen molar-refractivity contribution in [2.24, 2.45) is 0 Å². The lowest BCUT2D eigenvalue weighted by molar-refractivity contribution is 0.272. The lowest BCUT2D eigenvalue weighted by atomic mass is 9.64. The third kappa shape index (κ3) is 2.85. The molecular formula is C22H18N8O. The molecule has 9 nitrogen and oxygen atoms in total. The number of hydrogen-bond acceptors (Lipinski definition) is 8. The van der Waals surface area contributed by atoms with Crippen LogP contribution in [0.5, 0.6) is 0 Å². The average molecular weight is 410 g/mol. The molecule has 1 fully saturated rings. The minimum atomic E-state index is -0.274. The smallest absolute Gasteiger partial charge is 0.259 e. The molecule has 1 aliphatic rings. The van der Waals surface area contributed by atoms with Crippen molar-refractivity contribution in [1.29, 1.82) is 0 Å². The van der Waals surface area contributed by atoms with Crippen molar-refractivity contribution in [2.75, 3.05) is 5.73 Å². The lowest BCUT2D eigenvalue weighted by Gasteiger charge is -2.39. The molecule has 0 amide bonds. The Hall–Kier alpha value is -4.14. The third-order valence-corrected chi connectivity index (χ3v) is 5.98. The monoisotopic (exact) mass is 410 g/mol. The Morgan fingerprint density at radius 3 is 2.55 bits per heavy atom. The van der Waals surface area contributed by atoms with Gasteiger partial charge in [-0.2, -0.15) is 4.98 Å². The summed E-state index contributed by atoms with van der Waals surface area (Å²) in [6.45, 7) is 0. The Kier molecular flexibility index (Phi) is 3.82. The van der Waals surface area contributed by atoms with Gasteiger partial charge in [-0.3, -0.25) is 4.98 Å². The van der Waals surface area contributed by atoms with Gasteiger partial charge in [-0.1, -0.05) is 17.6 Å². The minimum Gasteiger partial charge on any atom is -0.368 e. The van der Waals surface area contributed by atoms with Gasteiger partial charge in [0, 0.05) is 42.7 Å². The van der Waals surface area contributed by atoms with Crippen molar-refractivity contribution in [3.63, 3.8) is 0 Å². The largest absolute Gasteiger partial charge is 0.368 e. The zero-order valence-electron chi connectivity index (χ0n) is 16.5. The summed E-state index contributed by atoms with van der Waals surface area (Å²) in [4.78, 5) is 21.7. The first-order chi connectivity index (χ1) is 15.2. The van der Waals surface area contributed by atoms with E-state index in [0.29, 0.717) is 11.7 Å². The van der Waals surface area contributed by atoms with Crippen molar-refractivity contribution < 1.29 is 4.52 Å². The number of anilines is 1. The molecule has 0 unspecified atom stereocenters. The molecule has 152 valence electrons. The minimum absolute atomic E-state index is 0.244. The van der Waals surface area contributed by atoms with Crippen molar-refractivity contribution in [3.8, 4) is 22.7 Å². The first-order valence-corrected chi connectivity index (χ1v) is 10.0. The summed E-state index contributed by atoms with van der Waals surface area (Å²) < 4.78 is 7.57. The third-order valence-electron chi connectivity index (χ3n) is 5.98. The summed E-state index contributed by atoms with van der Waals surface area (Å²) in [6, 6.07) is 7.92. The van der Waals surface area contributed by atoms with Gasteiger partial charge in [-0.05, 0) is 36.6 Å². The van der Waals surface area contributed by atoms with Crippen LogP contribution in [0.2, 0.25) is 0 Å². The summed E-state index contributed by atoms with van der Waals surface area (Å²) in [5.41, 5.74) is 9.72. The van der Waals surface area contributed by atoms with Crippen molar-refractivity contribution in [3.05, 3.63) is 72.8 Å². The highest BCUT2D eigenvalue weighted by molar-refractivity contribution is 5.58. The second-order valence-electron chi connectivity index (χ2n) is 7.73. The SMILES string of the molecule is Nc1ncc(-c2ccc(C3(c4noc(-c5ccc6nccn6c5)n4)CCC3)cn2)cn1. The van der Waals surface area contributed by atoms with E-state index in [-0.39, 0.29) is 11.4 Å². The molecular weight excluding hydrogens is 392 g/mol. The van der Waals surface area contributed by atoms with E-state index in [1.807, 2.05) is 41.2 Å². The summed E-state index contributed by atoms with van der Waals surface area (Å²) in [5.74, 6) is 1.44. The van der Waals surface area contributed by atoms with Crippen LogP contribution in [0.25, 0.3) is 28.4 Å². The Morgan fingerprint density at radius 2 is 1.81 bits per heavy atom. The number of nitrogens with zero attached hydrogens (tertiary/aromatic N) is 7. The topological polar surface area (TPSA) is 121 Å². The predicted octanol–water partition coefficient (Wildman–Crippen LogP) is 3.29. The lowest BCUT2D eigenvalue weighted by Crippen LogP contribution is -2.36. The van der Waals surface area contributed by atoms with Gasteiger partial charge in [0.15, 0.2) is 5.82 Å². The highest BCUT2D eigenvalue weighted by atomic mass is 16.5. The van der Waals surface area contributed by atoms with Gasteiger partial charge in [-0.15, -0.1) is 0 Å². The van der Waals surface area contributed by atoms with Crippen molar-refractivity contribution in [1.82, 2.24) is 34.5 Å². The van der Waals surface area contributed by atoms with Crippen molar-refractivity contribution in [2.45, 2.75) is 24.7 Å². The molecule has 31 heavy (non-hydrogen) atoms. The number of nitrogens with two attached hydrogens (primary N) is 1. The van der Waals surface area contributed by atoms with Crippen LogP contribution in [0, 0.1) is 0 Å². The number of pyridine rings is 2. The summed E-state index contributed by atoms with van der Waals surface area (Å²) >= 11 is 0. The number of nitrogen functional groups attached to an aromatic ring is 1. The van der Waals surface area contributed by atoms with E-state index in [0.717, 1.165) is 47.3 Å². The van der Waals surface area contributed by atoms with E-state index in [9.17, 15) is 0 Å². The zero-order chi connectivity index (χ0) is 20.8. The fraction of sp³-hybridized carbons (Fsp3) is 0.182. The zero-order valence-corrected chi connectivity index (χ0v) is 16.5. The molecule has 6 rings (SSSR count). The summed E-state index contributed by atoms with van der Waals surface area (Å²) in [7, 11) is 0. The van der Waals surface area contributed by atoms with Crippen LogP contribution in [0.1, 0.15) is 30.7 Å². The normalized spacial score (nSPS) is 15.1. The number of hydrogen-bond donors (Lipinski definition) is 1. The van der Waals surface area contributed by atoms with Gasteiger partial charge in [-0.25, -0.2) is 15.0 Å². The highest BCUT2D eigenvalue weighted by Crippen LogP contribution is 2.48. The molecule has 5 aromatic heterocycles. The number of rotatable bonds is 4. The Labute approximate surface area is 177 Å². The number of imidazole rings is 1. The molecule has 0 spiro atoms. The quantitative estimate of drug-likeness (QED) is 0.479.